The minimum Gasteiger partial charge on any atom is -0.339 e. The molecule has 0 N–H and O–H groups in total. The second-order valence-corrected chi connectivity index (χ2v) is 9.29. The van der Waals surface area contributed by atoms with E-state index in [1.54, 1.807) is 0 Å². The number of hydrogen-bond acceptors (Lipinski definition) is 6. The highest BCUT2D eigenvalue weighted by Gasteiger charge is 2.37. The van der Waals surface area contributed by atoms with E-state index in [1.165, 1.54) is 6.42 Å². The van der Waals surface area contributed by atoms with E-state index in [4.69, 9.17) is 4.52 Å². The minimum absolute atomic E-state index is 0.144. The van der Waals surface area contributed by atoms with Gasteiger partial charge in [0.05, 0.1) is 0 Å². The Morgan fingerprint density at radius 1 is 1.24 bits per heavy atom. The average Bonchev–Trinajstić information content (AvgIpc) is 3.00. The van der Waals surface area contributed by atoms with Crippen LogP contribution in [-0.4, -0.2) is 47.7 Å². The van der Waals surface area contributed by atoms with Crippen molar-refractivity contribution in [2.24, 2.45) is 5.92 Å². The second kappa shape index (κ2) is 7.85. The zero-order valence-electron chi connectivity index (χ0n) is 14.8. The van der Waals surface area contributed by atoms with E-state index >= 15 is 0 Å². The third-order valence-corrected chi connectivity index (χ3v) is 6.61. The third-order valence-electron chi connectivity index (χ3n) is 5.23. The van der Waals surface area contributed by atoms with Crippen LogP contribution in [0.4, 0.5) is 0 Å². The lowest BCUT2D eigenvalue weighted by Gasteiger charge is -2.44. The smallest absolute Gasteiger partial charge is 0.238 e. The van der Waals surface area contributed by atoms with E-state index in [9.17, 15) is 13.2 Å². The summed E-state index contributed by atoms with van der Waals surface area (Å²) in [7, 11) is -3.60. The lowest BCUT2D eigenvalue weighted by Crippen LogP contribution is -2.51. The van der Waals surface area contributed by atoms with Crippen LogP contribution in [-0.2, 0) is 26.8 Å². The number of sulfone groups is 1. The number of aryl methyl sites for hydroxylation is 1. The van der Waals surface area contributed by atoms with E-state index in [0.717, 1.165) is 38.5 Å². The summed E-state index contributed by atoms with van der Waals surface area (Å²) in [5.74, 6) is 0.0595. The van der Waals surface area contributed by atoms with E-state index in [-0.39, 0.29) is 23.5 Å². The zero-order valence-corrected chi connectivity index (χ0v) is 15.6. The highest BCUT2D eigenvalue weighted by molar-refractivity contribution is 7.91. The Morgan fingerprint density at radius 3 is 2.80 bits per heavy atom. The fraction of sp³-hybridized carbons (Fsp3) is 0.824. The molecule has 7 nitrogen and oxygen atoms in total. The summed E-state index contributed by atoms with van der Waals surface area (Å²) >= 11 is 0. The highest BCUT2D eigenvalue weighted by Crippen LogP contribution is 2.35. The van der Waals surface area contributed by atoms with Crippen molar-refractivity contribution in [3.8, 4) is 0 Å². The normalized spacial score (nSPS) is 24.1. The first-order chi connectivity index (χ1) is 12.0. The summed E-state index contributed by atoms with van der Waals surface area (Å²) in [5.41, 5.74) is 0. The molecule has 0 radical (unpaired) electrons. The van der Waals surface area contributed by atoms with Crippen LogP contribution in [0.2, 0.25) is 0 Å². The summed E-state index contributed by atoms with van der Waals surface area (Å²) in [6.07, 6.45) is 8.11. The molecule has 2 heterocycles. The minimum atomic E-state index is -3.60. The van der Waals surface area contributed by atoms with Gasteiger partial charge in [0, 0.05) is 19.0 Å². The first-order valence-corrected chi connectivity index (χ1v) is 11.1. The summed E-state index contributed by atoms with van der Waals surface area (Å²) < 4.78 is 29.8. The molecular weight excluding hydrogens is 342 g/mol. The maximum absolute atomic E-state index is 12.6. The molecule has 25 heavy (non-hydrogen) atoms. The molecular formula is C17H27N3O4S. The van der Waals surface area contributed by atoms with Crippen molar-refractivity contribution in [1.29, 1.82) is 0 Å². The highest BCUT2D eigenvalue weighted by atomic mass is 32.2. The Morgan fingerprint density at radius 2 is 2.00 bits per heavy atom. The maximum Gasteiger partial charge on any atom is 0.238 e. The topological polar surface area (TPSA) is 93.4 Å². The Balaban J connectivity index is 1.62. The number of fused-ring (bicyclic) bond motifs is 1. The van der Waals surface area contributed by atoms with Crippen LogP contribution < -0.4 is 0 Å². The quantitative estimate of drug-likeness (QED) is 0.762. The fourth-order valence-corrected chi connectivity index (χ4v) is 5.27. The Bertz CT molecular complexity index is 699. The molecule has 8 heteroatoms. The van der Waals surface area contributed by atoms with Gasteiger partial charge in [0.15, 0.2) is 15.7 Å². The van der Waals surface area contributed by atoms with Gasteiger partial charge in [0.25, 0.3) is 0 Å². The van der Waals surface area contributed by atoms with Crippen LogP contribution in [0.3, 0.4) is 0 Å². The van der Waals surface area contributed by atoms with Crippen molar-refractivity contribution < 1.29 is 17.7 Å². The molecule has 3 rings (SSSR count). The van der Waals surface area contributed by atoms with E-state index in [1.807, 2.05) is 11.8 Å². The number of rotatable bonds is 6. The van der Waals surface area contributed by atoms with Gasteiger partial charge in [-0.2, -0.15) is 4.98 Å². The summed E-state index contributed by atoms with van der Waals surface area (Å²) in [6, 6.07) is 0.228. The monoisotopic (exact) mass is 369 g/mol. The van der Waals surface area contributed by atoms with Crippen LogP contribution in [0, 0.1) is 5.92 Å². The molecule has 1 aliphatic heterocycles. The van der Waals surface area contributed by atoms with Crippen LogP contribution in [0.5, 0.6) is 0 Å². The molecule has 1 saturated carbocycles. The third kappa shape index (κ3) is 4.59. The van der Waals surface area contributed by atoms with Gasteiger partial charge in [-0.1, -0.05) is 24.9 Å². The summed E-state index contributed by atoms with van der Waals surface area (Å²) in [4.78, 5) is 18.6. The molecule has 140 valence electrons. The lowest BCUT2D eigenvalue weighted by atomic mass is 9.78. The number of aromatic nitrogens is 2. The van der Waals surface area contributed by atoms with Crippen molar-refractivity contribution in [2.75, 3.05) is 12.3 Å². The van der Waals surface area contributed by atoms with Gasteiger partial charge in [0.1, 0.15) is 11.5 Å². The van der Waals surface area contributed by atoms with Gasteiger partial charge < -0.3 is 9.42 Å². The molecule has 2 fully saturated rings. The zero-order chi connectivity index (χ0) is 17.9. The molecule has 2 unspecified atom stereocenters. The van der Waals surface area contributed by atoms with Crippen molar-refractivity contribution in [3.05, 3.63) is 11.7 Å². The summed E-state index contributed by atoms with van der Waals surface area (Å²) in [5, 5.41) is 3.72. The number of hydrogen-bond donors (Lipinski definition) is 0. The average molecular weight is 369 g/mol. The number of amides is 1. The standard InChI is InChI=1S/C17H27N3O4S/c1-2-6-16-18-15(19-24-16)11-25(22,23)12-17(21)20-10-5-8-13-7-3-4-9-14(13)20/h13-14H,2-12H2,1H3. The van der Waals surface area contributed by atoms with Crippen LogP contribution in [0.25, 0.3) is 0 Å². The fourth-order valence-electron chi connectivity index (χ4n) is 4.12. The van der Waals surface area contributed by atoms with Gasteiger partial charge in [0.2, 0.25) is 11.8 Å². The number of nitrogens with zero attached hydrogens (tertiary/aromatic N) is 3. The van der Waals surface area contributed by atoms with Crippen molar-refractivity contribution >= 4 is 15.7 Å². The Kier molecular flexibility index (Phi) is 5.76. The van der Waals surface area contributed by atoms with E-state index in [2.05, 4.69) is 10.1 Å². The molecule has 2 aliphatic rings. The first kappa shape index (κ1) is 18.4. The predicted octanol–water partition coefficient (Wildman–Crippen LogP) is 2.12. The number of likely N-dealkylation sites (tertiary alicyclic amines) is 1. The summed E-state index contributed by atoms with van der Waals surface area (Å²) in [6.45, 7) is 2.66. The molecule has 1 amide bonds. The van der Waals surface area contributed by atoms with Crippen molar-refractivity contribution in [1.82, 2.24) is 15.0 Å². The van der Waals surface area contributed by atoms with Gasteiger partial charge in [-0.15, -0.1) is 0 Å². The molecule has 2 atom stereocenters. The molecule has 1 aromatic heterocycles. The van der Waals surface area contributed by atoms with Crippen LogP contribution in [0.1, 0.15) is 63.6 Å². The first-order valence-electron chi connectivity index (χ1n) is 9.30. The van der Waals surface area contributed by atoms with Crippen LogP contribution in [0.15, 0.2) is 4.52 Å². The lowest BCUT2D eigenvalue weighted by molar-refractivity contribution is -0.134. The largest absolute Gasteiger partial charge is 0.339 e. The molecule has 1 aliphatic carbocycles. The van der Waals surface area contributed by atoms with Gasteiger partial charge in [-0.05, 0) is 38.0 Å². The predicted molar refractivity (Wildman–Crippen MR) is 92.5 cm³/mol. The number of carbonyl (C=O) groups excluding carboxylic acids is 1. The van der Waals surface area contributed by atoms with Gasteiger partial charge in [-0.25, -0.2) is 8.42 Å². The van der Waals surface area contributed by atoms with Gasteiger partial charge >= 0.3 is 0 Å². The second-order valence-electron chi connectivity index (χ2n) is 7.23. The maximum atomic E-state index is 12.6. The van der Waals surface area contributed by atoms with Crippen molar-refractivity contribution in [3.63, 3.8) is 0 Å². The Hall–Kier alpha value is -1.44. The molecule has 0 spiro atoms. The molecule has 1 aromatic rings. The van der Waals surface area contributed by atoms with E-state index in [0.29, 0.717) is 24.8 Å². The molecule has 1 saturated heterocycles. The molecule has 0 aromatic carbocycles. The Labute approximate surface area is 149 Å². The van der Waals surface area contributed by atoms with E-state index < -0.39 is 15.6 Å². The number of piperidine rings is 1. The van der Waals surface area contributed by atoms with Crippen LogP contribution >= 0.6 is 0 Å². The SMILES string of the molecule is CCCc1nc(CS(=O)(=O)CC(=O)N2CCCC3CCCCC32)no1. The van der Waals surface area contributed by atoms with Gasteiger partial charge in [-0.3, -0.25) is 4.79 Å². The molecule has 0 bridgehead atoms. The number of carbonyl (C=O) groups is 1. The van der Waals surface area contributed by atoms with Crippen molar-refractivity contribution in [2.45, 2.75) is 70.1 Å².